The van der Waals surface area contributed by atoms with Gasteiger partial charge in [-0.25, -0.2) is 0 Å². The highest BCUT2D eigenvalue weighted by molar-refractivity contribution is 5.48. The second-order valence-corrected chi connectivity index (χ2v) is 8.10. The van der Waals surface area contributed by atoms with E-state index in [1.165, 1.54) is 30.4 Å². The van der Waals surface area contributed by atoms with E-state index in [1.807, 2.05) is 24.3 Å². The van der Waals surface area contributed by atoms with Crippen LogP contribution in [0.3, 0.4) is 0 Å². The molecule has 1 saturated carbocycles. The first-order valence-electron chi connectivity index (χ1n) is 9.58. The minimum Gasteiger partial charge on any atom is -0.457 e. The molecule has 1 aliphatic carbocycles. The Morgan fingerprint density at radius 1 is 1.04 bits per heavy atom. The SMILES string of the molecule is Cc1cccc(C2CC(C)CCC2C(C)C)c1Oc1ccc(N)cc1. The standard InChI is InChI=1S/C23H31NO/c1-15(2)20-13-8-16(3)14-22(20)21-7-5-6-17(4)23(21)25-19-11-9-18(24)10-12-19/h5-7,9-12,15-16,20,22H,8,13-14,24H2,1-4H3. The number of nitrogens with two attached hydrogens (primary N) is 1. The summed E-state index contributed by atoms with van der Waals surface area (Å²) in [6.07, 6.45) is 3.92. The largest absolute Gasteiger partial charge is 0.457 e. The smallest absolute Gasteiger partial charge is 0.133 e. The van der Waals surface area contributed by atoms with Crippen LogP contribution in [0.4, 0.5) is 5.69 Å². The highest BCUT2D eigenvalue weighted by Gasteiger charge is 2.33. The van der Waals surface area contributed by atoms with Crippen LogP contribution < -0.4 is 10.5 Å². The summed E-state index contributed by atoms with van der Waals surface area (Å²) in [5, 5.41) is 0. The summed E-state index contributed by atoms with van der Waals surface area (Å²) in [4.78, 5) is 0. The maximum absolute atomic E-state index is 6.36. The minimum atomic E-state index is 0.576. The van der Waals surface area contributed by atoms with E-state index in [9.17, 15) is 0 Å². The zero-order chi connectivity index (χ0) is 18.0. The molecule has 134 valence electrons. The molecule has 0 spiro atoms. The molecule has 3 atom stereocenters. The molecule has 1 fully saturated rings. The summed E-state index contributed by atoms with van der Waals surface area (Å²) >= 11 is 0. The lowest BCUT2D eigenvalue weighted by Gasteiger charge is -2.38. The molecule has 0 aliphatic heterocycles. The van der Waals surface area contributed by atoms with Crippen LogP contribution in [0.5, 0.6) is 11.5 Å². The van der Waals surface area contributed by atoms with Crippen molar-refractivity contribution in [3.05, 3.63) is 53.6 Å². The van der Waals surface area contributed by atoms with Crippen LogP contribution in [0, 0.1) is 24.7 Å². The van der Waals surface area contributed by atoms with Crippen molar-refractivity contribution in [3.8, 4) is 11.5 Å². The third-order valence-electron chi connectivity index (χ3n) is 5.76. The number of hydrogen-bond donors (Lipinski definition) is 1. The Hall–Kier alpha value is -1.96. The van der Waals surface area contributed by atoms with Gasteiger partial charge in [-0.05, 0) is 78.8 Å². The fraction of sp³-hybridized carbons (Fsp3) is 0.478. The Morgan fingerprint density at radius 2 is 1.76 bits per heavy atom. The molecule has 0 bridgehead atoms. The molecular formula is C23H31NO. The van der Waals surface area contributed by atoms with E-state index in [-0.39, 0.29) is 0 Å². The zero-order valence-corrected chi connectivity index (χ0v) is 16.0. The summed E-state index contributed by atoms with van der Waals surface area (Å²) in [6, 6.07) is 14.3. The van der Waals surface area contributed by atoms with Crippen molar-refractivity contribution in [2.75, 3.05) is 5.73 Å². The van der Waals surface area contributed by atoms with Gasteiger partial charge in [-0.1, -0.05) is 45.4 Å². The van der Waals surface area contributed by atoms with Gasteiger partial charge in [-0.2, -0.15) is 0 Å². The maximum Gasteiger partial charge on any atom is 0.133 e. The van der Waals surface area contributed by atoms with Crippen LogP contribution in [0.2, 0.25) is 0 Å². The van der Waals surface area contributed by atoms with E-state index in [1.54, 1.807) is 0 Å². The van der Waals surface area contributed by atoms with Crippen molar-refractivity contribution in [1.82, 2.24) is 0 Å². The Morgan fingerprint density at radius 3 is 2.44 bits per heavy atom. The van der Waals surface area contributed by atoms with Crippen molar-refractivity contribution < 1.29 is 4.74 Å². The Kier molecular flexibility index (Phi) is 5.36. The first kappa shape index (κ1) is 17.8. The van der Waals surface area contributed by atoms with Crippen LogP contribution in [-0.2, 0) is 0 Å². The molecule has 3 rings (SSSR count). The number of hydrogen-bond acceptors (Lipinski definition) is 2. The minimum absolute atomic E-state index is 0.576. The third kappa shape index (κ3) is 4.00. The molecular weight excluding hydrogens is 306 g/mol. The molecule has 0 aromatic heterocycles. The van der Waals surface area contributed by atoms with Crippen molar-refractivity contribution in [1.29, 1.82) is 0 Å². The van der Waals surface area contributed by atoms with E-state index in [0.29, 0.717) is 11.8 Å². The van der Waals surface area contributed by atoms with Gasteiger partial charge >= 0.3 is 0 Å². The lowest BCUT2D eigenvalue weighted by Crippen LogP contribution is -2.26. The molecule has 2 aromatic carbocycles. The second kappa shape index (κ2) is 7.51. The van der Waals surface area contributed by atoms with Crippen LogP contribution in [0.15, 0.2) is 42.5 Å². The topological polar surface area (TPSA) is 35.2 Å². The molecule has 0 radical (unpaired) electrons. The summed E-state index contributed by atoms with van der Waals surface area (Å²) in [5.41, 5.74) is 9.15. The average molecular weight is 338 g/mol. The van der Waals surface area contributed by atoms with Crippen molar-refractivity contribution in [2.24, 2.45) is 17.8 Å². The molecule has 2 aromatic rings. The summed E-state index contributed by atoms with van der Waals surface area (Å²) < 4.78 is 6.36. The normalized spacial score (nSPS) is 23.6. The summed E-state index contributed by atoms with van der Waals surface area (Å²) in [6.45, 7) is 9.26. The van der Waals surface area contributed by atoms with E-state index < -0.39 is 0 Å². The molecule has 25 heavy (non-hydrogen) atoms. The van der Waals surface area contributed by atoms with Gasteiger partial charge in [-0.3, -0.25) is 0 Å². The van der Waals surface area contributed by atoms with Crippen LogP contribution in [0.1, 0.15) is 57.1 Å². The monoisotopic (exact) mass is 337 g/mol. The Labute approximate surface area is 152 Å². The second-order valence-electron chi connectivity index (χ2n) is 8.10. The Balaban J connectivity index is 1.97. The van der Waals surface area contributed by atoms with Gasteiger partial charge in [0.05, 0.1) is 0 Å². The fourth-order valence-electron chi connectivity index (χ4n) is 4.32. The number of rotatable bonds is 4. The molecule has 0 amide bonds. The van der Waals surface area contributed by atoms with Gasteiger partial charge in [0.2, 0.25) is 0 Å². The molecule has 3 unspecified atom stereocenters. The van der Waals surface area contributed by atoms with Crippen LogP contribution in [-0.4, -0.2) is 0 Å². The van der Waals surface area contributed by atoms with E-state index >= 15 is 0 Å². The first-order valence-corrected chi connectivity index (χ1v) is 9.58. The zero-order valence-electron chi connectivity index (χ0n) is 16.0. The lowest BCUT2D eigenvalue weighted by molar-refractivity contribution is 0.195. The van der Waals surface area contributed by atoms with Crippen molar-refractivity contribution in [3.63, 3.8) is 0 Å². The highest BCUT2D eigenvalue weighted by Crippen LogP contribution is 2.47. The number of benzene rings is 2. The van der Waals surface area contributed by atoms with Crippen LogP contribution in [0.25, 0.3) is 0 Å². The van der Waals surface area contributed by atoms with Crippen molar-refractivity contribution >= 4 is 5.69 Å². The van der Waals surface area contributed by atoms with E-state index in [0.717, 1.165) is 29.0 Å². The van der Waals surface area contributed by atoms with Crippen molar-refractivity contribution in [2.45, 2.75) is 52.9 Å². The predicted molar refractivity (Wildman–Crippen MR) is 106 cm³/mol. The predicted octanol–water partition coefficient (Wildman–Crippen LogP) is 6.55. The molecule has 0 saturated heterocycles. The maximum atomic E-state index is 6.36. The number of nitrogen functional groups attached to an aromatic ring is 1. The average Bonchev–Trinajstić information content (AvgIpc) is 2.58. The summed E-state index contributed by atoms with van der Waals surface area (Å²) in [7, 11) is 0. The Bertz CT molecular complexity index is 705. The van der Waals surface area contributed by atoms with Gasteiger partial charge < -0.3 is 10.5 Å². The molecule has 2 nitrogen and oxygen atoms in total. The van der Waals surface area contributed by atoms with Gasteiger partial charge in [-0.15, -0.1) is 0 Å². The highest BCUT2D eigenvalue weighted by atomic mass is 16.5. The quantitative estimate of drug-likeness (QED) is 0.642. The van der Waals surface area contributed by atoms with Crippen LogP contribution >= 0.6 is 0 Å². The number of para-hydroxylation sites is 1. The molecule has 1 aliphatic rings. The third-order valence-corrected chi connectivity index (χ3v) is 5.76. The van der Waals surface area contributed by atoms with Gasteiger partial charge in [0.1, 0.15) is 11.5 Å². The van der Waals surface area contributed by atoms with Gasteiger partial charge in [0.15, 0.2) is 0 Å². The lowest BCUT2D eigenvalue weighted by atomic mass is 9.67. The number of aryl methyl sites for hydroxylation is 1. The van der Waals surface area contributed by atoms with E-state index in [2.05, 4.69) is 45.9 Å². The fourth-order valence-corrected chi connectivity index (χ4v) is 4.32. The van der Waals surface area contributed by atoms with Gasteiger partial charge in [0.25, 0.3) is 0 Å². The van der Waals surface area contributed by atoms with Gasteiger partial charge in [0, 0.05) is 5.69 Å². The summed E-state index contributed by atoms with van der Waals surface area (Å²) in [5.74, 6) is 4.68. The molecule has 2 N–H and O–H groups in total. The number of ether oxygens (including phenoxy) is 1. The molecule has 2 heteroatoms. The first-order chi connectivity index (χ1) is 12.0. The van der Waals surface area contributed by atoms with E-state index in [4.69, 9.17) is 10.5 Å². The number of anilines is 1. The molecule has 0 heterocycles.